The van der Waals surface area contributed by atoms with Crippen LogP contribution in [0.25, 0.3) is 21.7 Å². The molecule has 35 heavy (non-hydrogen) atoms. The monoisotopic (exact) mass is 463 g/mol. The summed E-state index contributed by atoms with van der Waals surface area (Å²) in [5.74, 6) is -0.774. The van der Waals surface area contributed by atoms with Gasteiger partial charge in [-0.05, 0) is 34.5 Å². The van der Waals surface area contributed by atoms with Crippen molar-refractivity contribution in [3.05, 3.63) is 128 Å². The molecule has 0 bridgehead atoms. The van der Waals surface area contributed by atoms with Gasteiger partial charge in [0.25, 0.3) is 5.69 Å². The van der Waals surface area contributed by atoms with Gasteiger partial charge in [-0.1, -0.05) is 60.7 Å². The molecule has 1 aliphatic rings. The molecule has 6 rings (SSSR count). The Morgan fingerprint density at radius 2 is 1.57 bits per heavy atom. The normalized spacial score (nSPS) is 16.7. The number of nitro groups is 1. The number of carbonyl (C=O) groups excluding carboxylic acids is 1. The highest BCUT2D eigenvalue weighted by Crippen LogP contribution is 2.45. The van der Waals surface area contributed by atoms with Crippen LogP contribution < -0.4 is 10.4 Å². The van der Waals surface area contributed by atoms with Crippen molar-refractivity contribution >= 4 is 33.2 Å². The van der Waals surface area contributed by atoms with Gasteiger partial charge in [0.15, 0.2) is 6.10 Å². The number of ketones is 1. The SMILES string of the molecule is O=C(c1ccc2ccccc2c1)[C@H]1Oc2c(c(=O)oc3ccccc23)[C@@H]1c1ccc([N+](=O)[O-])cc1. The molecule has 7 nitrogen and oxygen atoms in total. The molecule has 0 unspecified atom stereocenters. The molecule has 0 saturated heterocycles. The van der Waals surface area contributed by atoms with Crippen LogP contribution in [0.4, 0.5) is 5.69 Å². The second kappa shape index (κ2) is 7.92. The van der Waals surface area contributed by atoms with Gasteiger partial charge in [-0.3, -0.25) is 14.9 Å². The third-order valence-corrected chi connectivity index (χ3v) is 6.41. The predicted octanol–water partition coefficient (Wildman–Crippen LogP) is 5.63. The van der Waals surface area contributed by atoms with E-state index in [1.54, 1.807) is 48.5 Å². The first kappa shape index (κ1) is 20.8. The maximum absolute atomic E-state index is 13.8. The lowest BCUT2D eigenvalue weighted by atomic mass is 9.85. The van der Waals surface area contributed by atoms with Gasteiger partial charge < -0.3 is 9.15 Å². The standard InChI is InChI=1S/C28H17NO6/c30-25(19-10-9-16-5-1-2-6-18(16)15-19)27-23(17-11-13-20(14-12-17)29(32)33)24-26(35-27)21-7-3-4-8-22(21)34-28(24)31/h1-15,23,27H/t23-,27-/m0/s1. The Labute approximate surface area is 198 Å². The zero-order valence-corrected chi connectivity index (χ0v) is 18.2. The molecular formula is C28H17NO6. The summed E-state index contributed by atoms with van der Waals surface area (Å²) >= 11 is 0. The molecule has 0 fully saturated rings. The summed E-state index contributed by atoms with van der Waals surface area (Å²) in [6, 6.07) is 25.9. The summed E-state index contributed by atoms with van der Waals surface area (Å²) in [6.45, 7) is 0. The minimum Gasteiger partial charge on any atom is -0.480 e. The lowest BCUT2D eigenvalue weighted by Crippen LogP contribution is -2.31. The average Bonchev–Trinajstić information content (AvgIpc) is 3.30. The number of benzene rings is 4. The molecule has 0 N–H and O–H groups in total. The van der Waals surface area contributed by atoms with E-state index in [1.807, 2.05) is 30.3 Å². The van der Waals surface area contributed by atoms with Gasteiger partial charge >= 0.3 is 5.63 Å². The fraction of sp³-hybridized carbons (Fsp3) is 0.0714. The molecule has 7 heteroatoms. The van der Waals surface area contributed by atoms with E-state index in [4.69, 9.17) is 9.15 Å². The number of ether oxygens (including phenoxy) is 1. The number of carbonyl (C=O) groups is 1. The third-order valence-electron chi connectivity index (χ3n) is 6.41. The van der Waals surface area contributed by atoms with Gasteiger partial charge in [0.1, 0.15) is 11.3 Å². The van der Waals surface area contributed by atoms with Crippen LogP contribution in [-0.4, -0.2) is 16.8 Å². The number of para-hydroxylation sites is 1. The molecule has 0 spiro atoms. The minimum absolute atomic E-state index is 0.0872. The van der Waals surface area contributed by atoms with Crippen LogP contribution in [0, 0.1) is 10.1 Å². The highest BCUT2D eigenvalue weighted by atomic mass is 16.6. The lowest BCUT2D eigenvalue weighted by molar-refractivity contribution is -0.384. The van der Waals surface area contributed by atoms with Crippen LogP contribution in [0.2, 0.25) is 0 Å². The number of hydrogen-bond donors (Lipinski definition) is 0. The zero-order valence-electron chi connectivity index (χ0n) is 18.2. The first-order valence-electron chi connectivity index (χ1n) is 11.0. The van der Waals surface area contributed by atoms with E-state index in [-0.39, 0.29) is 17.0 Å². The highest BCUT2D eigenvalue weighted by molar-refractivity contribution is 6.04. The number of rotatable bonds is 4. The summed E-state index contributed by atoms with van der Waals surface area (Å²) in [4.78, 5) is 37.6. The van der Waals surface area contributed by atoms with Crippen molar-refractivity contribution in [1.29, 1.82) is 0 Å². The fourth-order valence-electron chi connectivity index (χ4n) is 4.73. The topological polar surface area (TPSA) is 99.7 Å². The Kier molecular flexibility index (Phi) is 4.70. The number of non-ortho nitro benzene ring substituents is 1. The van der Waals surface area contributed by atoms with Crippen LogP contribution in [-0.2, 0) is 0 Å². The number of Topliss-reactive ketones (excluding diaryl/α,β-unsaturated/α-hetero) is 1. The largest absolute Gasteiger partial charge is 0.480 e. The summed E-state index contributed by atoms with van der Waals surface area (Å²) in [6.07, 6.45) is -1.04. The lowest BCUT2D eigenvalue weighted by Gasteiger charge is -2.18. The van der Waals surface area contributed by atoms with Gasteiger partial charge in [-0.15, -0.1) is 0 Å². The van der Waals surface area contributed by atoms with Crippen molar-refractivity contribution in [2.24, 2.45) is 0 Å². The van der Waals surface area contributed by atoms with E-state index in [2.05, 4.69) is 0 Å². The molecule has 2 heterocycles. The molecule has 0 radical (unpaired) electrons. The molecule has 0 amide bonds. The maximum atomic E-state index is 13.8. The van der Waals surface area contributed by atoms with Crippen molar-refractivity contribution in [1.82, 2.24) is 0 Å². The fourth-order valence-corrected chi connectivity index (χ4v) is 4.73. The molecule has 4 aromatic carbocycles. The first-order chi connectivity index (χ1) is 17.0. The van der Waals surface area contributed by atoms with Crippen LogP contribution in [0.1, 0.15) is 27.4 Å². The second-order valence-electron chi connectivity index (χ2n) is 8.42. The average molecular weight is 463 g/mol. The molecular weight excluding hydrogens is 446 g/mol. The van der Waals surface area contributed by atoms with Crippen LogP contribution >= 0.6 is 0 Å². The molecule has 1 aliphatic heterocycles. The quantitative estimate of drug-likeness (QED) is 0.148. The Morgan fingerprint density at radius 1 is 0.857 bits per heavy atom. The highest BCUT2D eigenvalue weighted by Gasteiger charge is 2.44. The van der Waals surface area contributed by atoms with E-state index in [0.29, 0.717) is 27.8 Å². The molecule has 1 aromatic heterocycles. The molecule has 5 aromatic rings. The van der Waals surface area contributed by atoms with Crippen molar-refractivity contribution in [2.75, 3.05) is 0 Å². The van der Waals surface area contributed by atoms with Crippen molar-refractivity contribution in [2.45, 2.75) is 12.0 Å². The Balaban J connectivity index is 1.53. The first-order valence-corrected chi connectivity index (χ1v) is 11.0. The molecule has 0 aliphatic carbocycles. The maximum Gasteiger partial charge on any atom is 0.344 e. The predicted molar refractivity (Wildman–Crippen MR) is 130 cm³/mol. The van der Waals surface area contributed by atoms with E-state index >= 15 is 0 Å². The van der Waals surface area contributed by atoms with Crippen molar-refractivity contribution < 1.29 is 18.9 Å². The molecule has 2 atom stereocenters. The summed E-state index contributed by atoms with van der Waals surface area (Å²) in [7, 11) is 0. The number of fused-ring (bicyclic) bond motifs is 4. The Morgan fingerprint density at radius 3 is 2.34 bits per heavy atom. The van der Waals surface area contributed by atoms with Crippen molar-refractivity contribution in [3.8, 4) is 5.75 Å². The number of hydrogen-bond acceptors (Lipinski definition) is 6. The Hall–Kier alpha value is -4.78. The van der Waals surface area contributed by atoms with Crippen LogP contribution in [0.3, 0.4) is 0 Å². The minimum atomic E-state index is -1.04. The van der Waals surface area contributed by atoms with E-state index in [1.165, 1.54) is 12.1 Å². The molecule has 170 valence electrons. The van der Waals surface area contributed by atoms with Gasteiger partial charge in [0, 0.05) is 17.7 Å². The van der Waals surface area contributed by atoms with Crippen molar-refractivity contribution in [3.63, 3.8) is 0 Å². The van der Waals surface area contributed by atoms with Crippen LogP contribution in [0.5, 0.6) is 5.75 Å². The smallest absolute Gasteiger partial charge is 0.344 e. The van der Waals surface area contributed by atoms with E-state index < -0.39 is 22.6 Å². The summed E-state index contributed by atoms with van der Waals surface area (Å²) in [5, 5.41) is 13.7. The Bertz CT molecular complexity index is 1700. The summed E-state index contributed by atoms with van der Waals surface area (Å²) in [5.41, 5.74) is 0.902. The third kappa shape index (κ3) is 3.36. The van der Waals surface area contributed by atoms with Gasteiger partial charge in [-0.2, -0.15) is 0 Å². The van der Waals surface area contributed by atoms with Gasteiger partial charge in [0.05, 0.1) is 21.8 Å². The second-order valence-corrected chi connectivity index (χ2v) is 8.42. The van der Waals surface area contributed by atoms with Gasteiger partial charge in [0.2, 0.25) is 5.78 Å². The molecule has 0 saturated carbocycles. The van der Waals surface area contributed by atoms with Crippen LogP contribution in [0.15, 0.2) is 100 Å². The van der Waals surface area contributed by atoms with Gasteiger partial charge in [-0.25, -0.2) is 4.79 Å². The number of nitro benzene ring substituents is 1. The zero-order chi connectivity index (χ0) is 24.1. The van der Waals surface area contributed by atoms with E-state index in [0.717, 1.165) is 10.8 Å². The van der Waals surface area contributed by atoms with E-state index in [9.17, 15) is 19.7 Å². The summed E-state index contributed by atoms with van der Waals surface area (Å²) < 4.78 is 11.8. The number of nitrogens with zero attached hydrogens (tertiary/aromatic N) is 1.